The van der Waals surface area contributed by atoms with Crippen molar-refractivity contribution >= 4 is 0 Å². The van der Waals surface area contributed by atoms with Crippen molar-refractivity contribution in [1.29, 1.82) is 0 Å². The van der Waals surface area contributed by atoms with Gasteiger partial charge in [-0.05, 0) is 33.6 Å². The van der Waals surface area contributed by atoms with Crippen LogP contribution in [0.25, 0.3) is 0 Å². The van der Waals surface area contributed by atoms with Gasteiger partial charge in [0, 0.05) is 0 Å². The predicted molar refractivity (Wildman–Crippen MR) is 118 cm³/mol. The van der Waals surface area contributed by atoms with Gasteiger partial charge in [0.15, 0.2) is 0 Å². The molecule has 160 valence electrons. The zero-order chi connectivity index (χ0) is 20.8. The van der Waals surface area contributed by atoms with Gasteiger partial charge in [0.2, 0.25) is 0 Å². The number of ether oxygens (including phenoxy) is 3. The number of rotatable bonds is 6. The lowest BCUT2D eigenvalue weighted by molar-refractivity contribution is -0.0334. The Labute approximate surface area is 169 Å². The first-order chi connectivity index (χ1) is 12.9. The third-order valence-electron chi connectivity index (χ3n) is 3.34. The largest absolute Gasteiger partial charge is 0.377 e. The Balaban J connectivity index is 0. The van der Waals surface area contributed by atoms with Crippen molar-refractivity contribution in [3.63, 3.8) is 0 Å². The van der Waals surface area contributed by atoms with Gasteiger partial charge in [-0.3, -0.25) is 0 Å². The second-order valence-corrected chi connectivity index (χ2v) is 7.50. The number of hydrogen-bond donors (Lipinski definition) is 0. The van der Waals surface area contributed by atoms with Gasteiger partial charge in [0.25, 0.3) is 0 Å². The van der Waals surface area contributed by atoms with E-state index in [0.29, 0.717) is 12.2 Å². The van der Waals surface area contributed by atoms with E-state index >= 15 is 0 Å². The lowest BCUT2D eigenvalue weighted by Crippen LogP contribution is -2.16. The molecule has 0 amide bonds. The lowest BCUT2D eigenvalue weighted by Gasteiger charge is -2.09. The minimum atomic E-state index is 0.375. The summed E-state index contributed by atoms with van der Waals surface area (Å²) in [6.45, 7) is 18.1. The molecule has 3 nitrogen and oxygen atoms in total. The van der Waals surface area contributed by atoms with Crippen LogP contribution in [0.5, 0.6) is 0 Å². The van der Waals surface area contributed by atoms with Gasteiger partial charge in [-0.1, -0.05) is 82.9 Å². The molecule has 0 unspecified atom stereocenters. The third-order valence-corrected chi connectivity index (χ3v) is 3.34. The molecule has 0 aromatic heterocycles. The van der Waals surface area contributed by atoms with Crippen LogP contribution >= 0.6 is 0 Å². The first-order valence-electron chi connectivity index (χ1n) is 10.7. The predicted octanol–water partition coefficient (Wildman–Crippen LogP) is 6.76. The maximum atomic E-state index is 5.25. The Morgan fingerprint density at radius 3 is 1.22 bits per heavy atom. The van der Waals surface area contributed by atoms with Crippen LogP contribution < -0.4 is 0 Å². The maximum Gasteiger partial charge on any atom is 0.0701 e. The van der Waals surface area contributed by atoms with Crippen LogP contribution in [0.4, 0.5) is 0 Å². The van der Waals surface area contributed by atoms with Crippen LogP contribution in [0, 0.1) is 5.92 Å². The van der Waals surface area contributed by atoms with E-state index in [9.17, 15) is 0 Å². The van der Waals surface area contributed by atoms with E-state index in [1.165, 1.54) is 25.7 Å². The summed E-state index contributed by atoms with van der Waals surface area (Å²) < 4.78 is 15.1. The zero-order valence-corrected chi connectivity index (χ0v) is 19.1. The molecule has 0 radical (unpaired) electrons. The summed E-state index contributed by atoms with van der Waals surface area (Å²) in [5.74, 6) is 0.904. The molecule has 2 rings (SSSR count). The van der Waals surface area contributed by atoms with Gasteiger partial charge >= 0.3 is 0 Å². The van der Waals surface area contributed by atoms with Crippen LogP contribution in [-0.2, 0) is 14.2 Å². The highest BCUT2D eigenvalue weighted by molar-refractivity contribution is 4.99. The molecule has 0 N–H and O–H groups in total. The molecule has 1 heterocycles. The second-order valence-electron chi connectivity index (χ2n) is 7.50. The summed E-state index contributed by atoms with van der Waals surface area (Å²) in [4.78, 5) is 0. The van der Waals surface area contributed by atoms with Gasteiger partial charge < -0.3 is 14.2 Å². The summed E-state index contributed by atoms with van der Waals surface area (Å²) in [6.07, 6.45) is 6.35. The molecule has 27 heavy (non-hydrogen) atoms. The van der Waals surface area contributed by atoms with E-state index in [1.54, 1.807) is 0 Å². The molecule has 1 aliphatic heterocycles. The normalized spacial score (nSPS) is 13.1. The molecule has 1 aromatic rings. The molecule has 0 spiro atoms. The van der Waals surface area contributed by atoms with Gasteiger partial charge in [-0.2, -0.15) is 0 Å². The minimum Gasteiger partial charge on any atom is -0.377 e. The van der Waals surface area contributed by atoms with Gasteiger partial charge in [-0.25, -0.2) is 0 Å². The summed E-state index contributed by atoms with van der Waals surface area (Å²) in [7, 11) is 0. The van der Waals surface area contributed by atoms with E-state index in [-0.39, 0.29) is 0 Å². The Morgan fingerprint density at radius 1 is 0.667 bits per heavy atom. The number of unbranched alkanes of at least 4 members (excludes halogenated alkanes) is 2. The quantitative estimate of drug-likeness (QED) is 0.509. The van der Waals surface area contributed by atoms with Crippen LogP contribution in [0.3, 0.4) is 0 Å². The Hall–Kier alpha value is -0.900. The standard InChI is InChI=1S/C8H18.C6H14O.C6H6.C4H8O2/c1-4-5-6-7-8(2)3;1-5(2)7-6(3)4;1-2-4-6-5-3-1;1-2-6-4-3-5-1/h8H,4-7H2,1-3H3;5-6H,1-4H3;1-6H;1-4H2. The van der Waals surface area contributed by atoms with Gasteiger partial charge in [-0.15, -0.1) is 0 Å². The fraction of sp³-hybridized carbons (Fsp3) is 0.750. The Bertz CT molecular complexity index is 302. The van der Waals surface area contributed by atoms with Crippen molar-refractivity contribution in [3.8, 4) is 0 Å². The first kappa shape index (κ1) is 28.3. The number of hydrogen-bond acceptors (Lipinski definition) is 3. The second kappa shape index (κ2) is 23.1. The van der Waals surface area contributed by atoms with Crippen molar-refractivity contribution in [3.05, 3.63) is 36.4 Å². The van der Waals surface area contributed by atoms with E-state index in [1.807, 2.05) is 64.1 Å². The molecule has 1 aliphatic rings. The average Bonchev–Trinajstić information content (AvgIpc) is 2.65. The van der Waals surface area contributed by atoms with Crippen LogP contribution in [0.15, 0.2) is 36.4 Å². The van der Waals surface area contributed by atoms with Crippen LogP contribution in [0.2, 0.25) is 0 Å². The third kappa shape index (κ3) is 33.2. The minimum absolute atomic E-state index is 0.375. The molecular formula is C24H46O3. The highest BCUT2D eigenvalue weighted by Gasteiger charge is 1.95. The SMILES string of the molecule is C1COCCO1.CC(C)OC(C)C.CCCCCC(C)C.c1ccccc1. The van der Waals surface area contributed by atoms with Crippen LogP contribution in [-0.4, -0.2) is 38.6 Å². The molecule has 1 fully saturated rings. The van der Waals surface area contributed by atoms with E-state index in [4.69, 9.17) is 14.2 Å². The smallest absolute Gasteiger partial charge is 0.0701 e. The molecule has 1 aromatic carbocycles. The maximum absolute atomic E-state index is 5.25. The topological polar surface area (TPSA) is 27.7 Å². The molecule has 0 aliphatic carbocycles. The summed E-state index contributed by atoms with van der Waals surface area (Å²) in [5, 5.41) is 0. The fourth-order valence-corrected chi connectivity index (χ4v) is 2.17. The van der Waals surface area contributed by atoms with E-state index < -0.39 is 0 Å². The van der Waals surface area contributed by atoms with Gasteiger partial charge in [0.05, 0.1) is 38.6 Å². The highest BCUT2D eigenvalue weighted by atomic mass is 16.6. The molecule has 0 atom stereocenters. The lowest BCUT2D eigenvalue weighted by atomic mass is 10.1. The highest BCUT2D eigenvalue weighted by Crippen LogP contribution is 2.06. The van der Waals surface area contributed by atoms with Crippen molar-refractivity contribution in [1.82, 2.24) is 0 Å². The molecule has 0 saturated carbocycles. The summed E-state index contributed by atoms with van der Waals surface area (Å²) in [5.41, 5.74) is 0. The zero-order valence-electron chi connectivity index (χ0n) is 19.1. The first-order valence-corrected chi connectivity index (χ1v) is 10.7. The van der Waals surface area contributed by atoms with Crippen molar-refractivity contribution in [2.24, 2.45) is 5.92 Å². The summed E-state index contributed by atoms with van der Waals surface area (Å²) >= 11 is 0. The van der Waals surface area contributed by atoms with E-state index in [0.717, 1.165) is 32.3 Å². The molecule has 3 heteroatoms. The Morgan fingerprint density at radius 2 is 1.04 bits per heavy atom. The summed E-state index contributed by atoms with van der Waals surface area (Å²) in [6, 6.07) is 12.0. The molecule has 0 bridgehead atoms. The van der Waals surface area contributed by atoms with Crippen molar-refractivity contribution < 1.29 is 14.2 Å². The van der Waals surface area contributed by atoms with Crippen molar-refractivity contribution in [2.75, 3.05) is 26.4 Å². The Kier molecular flexibility index (Phi) is 24.3. The molecule has 1 saturated heterocycles. The number of benzene rings is 1. The molecular weight excluding hydrogens is 336 g/mol. The van der Waals surface area contributed by atoms with Crippen molar-refractivity contribution in [2.45, 2.75) is 86.4 Å². The van der Waals surface area contributed by atoms with E-state index in [2.05, 4.69) is 20.8 Å². The van der Waals surface area contributed by atoms with Gasteiger partial charge in [0.1, 0.15) is 0 Å². The average molecular weight is 383 g/mol. The van der Waals surface area contributed by atoms with Crippen LogP contribution in [0.1, 0.15) is 74.1 Å². The fourth-order valence-electron chi connectivity index (χ4n) is 2.17. The monoisotopic (exact) mass is 382 g/mol.